The molecule has 4 rings (SSSR count). The van der Waals surface area contributed by atoms with Gasteiger partial charge in [0.1, 0.15) is 23.4 Å². The van der Waals surface area contributed by atoms with Crippen LogP contribution in [-0.2, 0) is 0 Å². The van der Waals surface area contributed by atoms with Crippen LogP contribution in [0.5, 0.6) is 0 Å². The molecule has 0 saturated carbocycles. The highest BCUT2D eigenvalue weighted by Gasteiger charge is 2.26. The maximum absolute atomic E-state index is 10.3. The SMILES string of the molecule is O[C@@H]1c2c(ccc3oc4ccccc4c23)C=C[C@@H]1O. The van der Waals surface area contributed by atoms with E-state index < -0.39 is 12.2 Å². The van der Waals surface area contributed by atoms with Gasteiger partial charge in [0, 0.05) is 16.3 Å². The summed E-state index contributed by atoms with van der Waals surface area (Å²) in [5.41, 5.74) is 3.21. The maximum Gasteiger partial charge on any atom is 0.135 e. The van der Waals surface area contributed by atoms with Gasteiger partial charge in [0.2, 0.25) is 0 Å². The highest BCUT2D eigenvalue weighted by Crippen LogP contribution is 2.39. The van der Waals surface area contributed by atoms with Crippen molar-refractivity contribution >= 4 is 28.0 Å². The highest BCUT2D eigenvalue weighted by molar-refractivity contribution is 6.08. The summed E-state index contributed by atoms with van der Waals surface area (Å²) in [7, 11) is 0. The lowest BCUT2D eigenvalue weighted by Gasteiger charge is -2.22. The van der Waals surface area contributed by atoms with Crippen molar-refractivity contribution < 1.29 is 14.6 Å². The molecule has 1 aromatic heterocycles. The van der Waals surface area contributed by atoms with Gasteiger partial charge in [0.15, 0.2) is 0 Å². The van der Waals surface area contributed by atoms with Gasteiger partial charge in [0.25, 0.3) is 0 Å². The quantitative estimate of drug-likeness (QED) is 0.646. The number of furan rings is 1. The number of hydrogen-bond donors (Lipinski definition) is 2. The molecule has 1 aliphatic carbocycles. The fraction of sp³-hybridized carbons (Fsp3) is 0.125. The first-order valence-corrected chi connectivity index (χ1v) is 6.24. The standard InChI is InChI=1S/C16H12O3/c17-11-7-5-9-6-8-13-15(14(9)16(11)18)10-3-1-2-4-12(10)19-13/h1-8,11,16-18H/t11-,16-/m0/s1. The van der Waals surface area contributed by atoms with Gasteiger partial charge in [0.05, 0.1) is 0 Å². The molecular formula is C16H12O3. The summed E-state index contributed by atoms with van der Waals surface area (Å²) in [5, 5.41) is 21.9. The smallest absolute Gasteiger partial charge is 0.135 e. The van der Waals surface area contributed by atoms with Gasteiger partial charge in [-0.05, 0) is 17.7 Å². The molecule has 0 bridgehead atoms. The summed E-state index contributed by atoms with van der Waals surface area (Å²) in [6, 6.07) is 11.6. The fourth-order valence-electron chi connectivity index (χ4n) is 2.80. The Hall–Kier alpha value is -2.10. The Morgan fingerprint density at radius 3 is 2.68 bits per heavy atom. The molecule has 3 aromatic rings. The summed E-state index contributed by atoms with van der Waals surface area (Å²) in [6.07, 6.45) is 1.67. The van der Waals surface area contributed by atoms with E-state index in [1.807, 2.05) is 42.5 Å². The molecule has 2 aromatic carbocycles. The first-order chi connectivity index (χ1) is 9.25. The van der Waals surface area contributed by atoms with Crippen LogP contribution in [-0.4, -0.2) is 16.3 Å². The number of rotatable bonds is 0. The van der Waals surface area contributed by atoms with E-state index in [4.69, 9.17) is 4.42 Å². The average molecular weight is 252 g/mol. The van der Waals surface area contributed by atoms with Gasteiger partial charge < -0.3 is 14.6 Å². The molecule has 0 amide bonds. The first-order valence-electron chi connectivity index (χ1n) is 6.24. The molecule has 0 spiro atoms. The molecule has 0 saturated heterocycles. The number of aliphatic hydroxyl groups is 2. The van der Waals surface area contributed by atoms with Crippen LogP contribution in [0.4, 0.5) is 0 Å². The summed E-state index contributed by atoms with van der Waals surface area (Å²) >= 11 is 0. The van der Waals surface area contributed by atoms with Crippen LogP contribution in [0.15, 0.2) is 46.9 Å². The normalized spacial score (nSPS) is 22.0. The van der Waals surface area contributed by atoms with Crippen LogP contribution in [0.2, 0.25) is 0 Å². The van der Waals surface area contributed by atoms with Crippen molar-refractivity contribution in [3.63, 3.8) is 0 Å². The molecular weight excluding hydrogens is 240 g/mol. The molecule has 3 nitrogen and oxygen atoms in total. The maximum atomic E-state index is 10.3. The Morgan fingerprint density at radius 2 is 1.79 bits per heavy atom. The Balaban J connectivity index is 2.20. The molecule has 1 heterocycles. The minimum atomic E-state index is -0.912. The Kier molecular flexibility index (Phi) is 2.10. The van der Waals surface area contributed by atoms with Crippen LogP contribution in [0.3, 0.4) is 0 Å². The van der Waals surface area contributed by atoms with Gasteiger partial charge in [-0.15, -0.1) is 0 Å². The molecule has 0 radical (unpaired) electrons. The van der Waals surface area contributed by atoms with Crippen LogP contribution < -0.4 is 0 Å². The number of benzene rings is 2. The van der Waals surface area contributed by atoms with Crippen LogP contribution in [0.1, 0.15) is 17.2 Å². The molecule has 0 unspecified atom stereocenters. The van der Waals surface area contributed by atoms with E-state index in [1.165, 1.54) is 0 Å². The van der Waals surface area contributed by atoms with Crippen molar-refractivity contribution in [2.45, 2.75) is 12.2 Å². The summed E-state index contributed by atoms with van der Waals surface area (Å²) in [5.74, 6) is 0. The molecule has 1 aliphatic rings. The van der Waals surface area contributed by atoms with Crippen LogP contribution in [0, 0.1) is 0 Å². The molecule has 19 heavy (non-hydrogen) atoms. The zero-order valence-electron chi connectivity index (χ0n) is 10.1. The van der Waals surface area contributed by atoms with Crippen molar-refractivity contribution in [2.75, 3.05) is 0 Å². The monoisotopic (exact) mass is 252 g/mol. The third-order valence-corrected chi connectivity index (χ3v) is 3.71. The van der Waals surface area contributed by atoms with E-state index in [1.54, 1.807) is 6.08 Å². The predicted octanol–water partition coefficient (Wildman–Crippen LogP) is 3.01. The second-order valence-electron chi connectivity index (χ2n) is 4.83. The number of fused-ring (bicyclic) bond motifs is 5. The molecule has 0 fully saturated rings. The number of aliphatic hydroxyl groups excluding tert-OH is 2. The second-order valence-corrected chi connectivity index (χ2v) is 4.83. The van der Waals surface area contributed by atoms with Gasteiger partial charge in [-0.25, -0.2) is 0 Å². The van der Waals surface area contributed by atoms with Gasteiger partial charge in [-0.2, -0.15) is 0 Å². The lowest BCUT2D eigenvalue weighted by atomic mass is 9.89. The number of hydrogen-bond acceptors (Lipinski definition) is 3. The average Bonchev–Trinajstić information content (AvgIpc) is 2.81. The number of para-hydroxylation sites is 1. The third kappa shape index (κ3) is 1.40. The predicted molar refractivity (Wildman–Crippen MR) is 73.7 cm³/mol. The highest BCUT2D eigenvalue weighted by atomic mass is 16.3. The fourth-order valence-corrected chi connectivity index (χ4v) is 2.80. The minimum Gasteiger partial charge on any atom is -0.456 e. The minimum absolute atomic E-state index is 0.738. The van der Waals surface area contributed by atoms with Gasteiger partial charge in [-0.3, -0.25) is 0 Å². The zero-order valence-corrected chi connectivity index (χ0v) is 10.1. The molecule has 2 N–H and O–H groups in total. The van der Waals surface area contributed by atoms with Crippen molar-refractivity contribution in [3.05, 3.63) is 53.6 Å². The summed E-state index contributed by atoms with van der Waals surface area (Å²) in [4.78, 5) is 0. The summed E-state index contributed by atoms with van der Waals surface area (Å²) < 4.78 is 5.79. The Labute approximate surface area is 109 Å². The van der Waals surface area contributed by atoms with E-state index >= 15 is 0 Å². The topological polar surface area (TPSA) is 53.6 Å². The summed E-state index contributed by atoms with van der Waals surface area (Å²) in [6.45, 7) is 0. The van der Waals surface area contributed by atoms with E-state index in [0.29, 0.717) is 0 Å². The third-order valence-electron chi connectivity index (χ3n) is 3.71. The van der Waals surface area contributed by atoms with E-state index in [9.17, 15) is 10.2 Å². The van der Waals surface area contributed by atoms with Crippen molar-refractivity contribution in [2.24, 2.45) is 0 Å². The first kappa shape index (κ1) is 10.8. The Bertz CT molecular complexity index is 813. The zero-order chi connectivity index (χ0) is 13.0. The Morgan fingerprint density at radius 1 is 0.947 bits per heavy atom. The van der Waals surface area contributed by atoms with Crippen molar-refractivity contribution in [1.29, 1.82) is 0 Å². The molecule has 0 aliphatic heterocycles. The van der Waals surface area contributed by atoms with Gasteiger partial charge >= 0.3 is 0 Å². The molecule has 3 heteroatoms. The van der Waals surface area contributed by atoms with Crippen LogP contribution in [0.25, 0.3) is 28.0 Å². The molecule has 94 valence electrons. The lowest BCUT2D eigenvalue weighted by Crippen LogP contribution is -2.19. The largest absolute Gasteiger partial charge is 0.456 e. The van der Waals surface area contributed by atoms with Crippen molar-refractivity contribution in [1.82, 2.24) is 0 Å². The molecule has 2 atom stereocenters. The van der Waals surface area contributed by atoms with Crippen molar-refractivity contribution in [3.8, 4) is 0 Å². The van der Waals surface area contributed by atoms with E-state index in [2.05, 4.69) is 0 Å². The lowest BCUT2D eigenvalue weighted by molar-refractivity contribution is 0.0480. The van der Waals surface area contributed by atoms with Crippen LogP contribution >= 0.6 is 0 Å². The van der Waals surface area contributed by atoms with Gasteiger partial charge in [-0.1, -0.05) is 36.4 Å². The van der Waals surface area contributed by atoms with E-state index in [-0.39, 0.29) is 0 Å². The van der Waals surface area contributed by atoms with E-state index in [0.717, 1.165) is 33.1 Å². The second kappa shape index (κ2) is 3.70.